The molecule has 0 radical (unpaired) electrons. The van der Waals surface area contributed by atoms with E-state index in [1.807, 2.05) is 18.2 Å². The molecule has 1 rings (SSSR count). The lowest BCUT2D eigenvalue weighted by Gasteiger charge is -1.89. The monoisotopic (exact) mass is 183 g/mol. The molecule has 1 aromatic carbocycles. The van der Waals surface area contributed by atoms with Crippen molar-refractivity contribution in [1.29, 1.82) is 0 Å². The minimum absolute atomic E-state index is 0.812. The first-order valence-corrected chi connectivity index (χ1v) is 4.95. The molecule has 0 atom stereocenters. The lowest BCUT2D eigenvalue weighted by Crippen LogP contribution is -2.06. The van der Waals surface area contributed by atoms with Gasteiger partial charge in [0.2, 0.25) is 10.0 Å². The van der Waals surface area contributed by atoms with Gasteiger partial charge < -0.3 is 0 Å². The summed E-state index contributed by atoms with van der Waals surface area (Å²) in [6, 6.07) is 9.09. The van der Waals surface area contributed by atoms with Crippen molar-refractivity contribution in [3.05, 3.63) is 41.3 Å². The van der Waals surface area contributed by atoms with Gasteiger partial charge in [-0.2, -0.15) is 0 Å². The summed E-state index contributed by atoms with van der Waals surface area (Å²) in [6.07, 6.45) is 1.45. The number of primary sulfonamides is 1. The number of hydrogen-bond donors (Lipinski definition) is 1. The Morgan fingerprint density at radius 1 is 1.17 bits per heavy atom. The van der Waals surface area contributed by atoms with Crippen LogP contribution in [0.4, 0.5) is 0 Å². The van der Waals surface area contributed by atoms with Crippen LogP contribution in [0, 0.1) is 0 Å². The molecule has 12 heavy (non-hydrogen) atoms. The summed E-state index contributed by atoms with van der Waals surface area (Å²) in [7, 11) is -3.50. The topological polar surface area (TPSA) is 60.2 Å². The van der Waals surface area contributed by atoms with E-state index in [0.717, 1.165) is 11.0 Å². The molecular weight excluding hydrogens is 174 g/mol. The predicted octanol–water partition coefficient (Wildman–Crippen LogP) is 0.946. The zero-order valence-corrected chi connectivity index (χ0v) is 7.16. The maximum Gasteiger partial charge on any atom is 0.231 e. The van der Waals surface area contributed by atoms with E-state index in [0.29, 0.717) is 0 Å². The Bertz CT molecular complexity index is 367. The van der Waals surface area contributed by atoms with Crippen LogP contribution in [-0.4, -0.2) is 8.42 Å². The Morgan fingerprint density at radius 2 is 1.75 bits per heavy atom. The molecule has 4 heteroatoms. The Labute approximate surface area is 71.6 Å². The van der Waals surface area contributed by atoms with Crippen molar-refractivity contribution in [3.8, 4) is 0 Å². The first-order chi connectivity index (χ1) is 5.58. The molecule has 3 nitrogen and oxygen atoms in total. The Morgan fingerprint density at radius 3 is 2.25 bits per heavy atom. The van der Waals surface area contributed by atoms with Crippen molar-refractivity contribution in [2.24, 2.45) is 5.14 Å². The molecular formula is C8H9NO2S. The summed E-state index contributed by atoms with van der Waals surface area (Å²) in [4.78, 5) is 0. The fraction of sp³-hybridized carbons (Fsp3) is 0. The van der Waals surface area contributed by atoms with Gasteiger partial charge >= 0.3 is 0 Å². The molecule has 0 saturated carbocycles. The molecule has 0 amide bonds. The molecule has 0 aliphatic carbocycles. The third-order valence-electron chi connectivity index (χ3n) is 1.25. The van der Waals surface area contributed by atoms with Crippen LogP contribution in [-0.2, 0) is 10.0 Å². The van der Waals surface area contributed by atoms with Crippen molar-refractivity contribution < 1.29 is 8.42 Å². The highest BCUT2D eigenvalue weighted by molar-refractivity contribution is 7.92. The Hall–Kier alpha value is -1.13. The fourth-order valence-electron chi connectivity index (χ4n) is 0.738. The van der Waals surface area contributed by atoms with Crippen LogP contribution in [0.15, 0.2) is 35.7 Å². The summed E-state index contributed by atoms with van der Waals surface area (Å²) < 4.78 is 21.0. The number of hydrogen-bond acceptors (Lipinski definition) is 2. The molecule has 0 spiro atoms. The zero-order chi connectivity index (χ0) is 9.03. The van der Waals surface area contributed by atoms with E-state index in [1.165, 1.54) is 6.08 Å². The van der Waals surface area contributed by atoms with Gasteiger partial charge in [0.05, 0.1) is 0 Å². The highest BCUT2D eigenvalue weighted by Gasteiger charge is 1.92. The molecule has 0 heterocycles. The first kappa shape index (κ1) is 8.96. The number of nitrogens with two attached hydrogens (primary N) is 1. The van der Waals surface area contributed by atoms with Gasteiger partial charge in [-0.3, -0.25) is 0 Å². The molecule has 1 aromatic rings. The normalized spacial score (nSPS) is 12.1. The van der Waals surface area contributed by atoms with E-state index in [9.17, 15) is 8.42 Å². The van der Waals surface area contributed by atoms with Crippen LogP contribution in [0.2, 0.25) is 0 Å². The van der Waals surface area contributed by atoms with E-state index in [4.69, 9.17) is 5.14 Å². The smallest absolute Gasteiger partial charge is 0.225 e. The quantitative estimate of drug-likeness (QED) is 0.742. The standard InChI is InChI=1S/C8H9NO2S/c9-12(10,11)7-6-8-4-2-1-3-5-8/h1-7H,(H2,9,10,11)/b7-6-. The maximum absolute atomic E-state index is 10.5. The molecule has 0 bridgehead atoms. The van der Waals surface area contributed by atoms with E-state index in [1.54, 1.807) is 12.1 Å². The number of benzene rings is 1. The predicted molar refractivity (Wildman–Crippen MR) is 48.6 cm³/mol. The Kier molecular flexibility index (Phi) is 2.62. The molecule has 2 N–H and O–H groups in total. The number of rotatable bonds is 2. The second-order valence-corrected chi connectivity index (χ2v) is 3.75. The van der Waals surface area contributed by atoms with Crippen LogP contribution < -0.4 is 5.14 Å². The van der Waals surface area contributed by atoms with Crippen LogP contribution in [0.5, 0.6) is 0 Å². The molecule has 64 valence electrons. The van der Waals surface area contributed by atoms with Crippen molar-refractivity contribution in [1.82, 2.24) is 0 Å². The van der Waals surface area contributed by atoms with Gasteiger partial charge in [-0.05, 0) is 11.6 Å². The maximum atomic E-state index is 10.5. The van der Waals surface area contributed by atoms with E-state index < -0.39 is 10.0 Å². The summed E-state index contributed by atoms with van der Waals surface area (Å²) in [6.45, 7) is 0. The van der Waals surface area contributed by atoms with E-state index in [-0.39, 0.29) is 0 Å². The molecule has 0 saturated heterocycles. The van der Waals surface area contributed by atoms with Crippen molar-refractivity contribution in [3.63, 3.8) is 0 Å². The van der Waals surface area contributed by atoms with Crippen LogP contribution in [0.3, 0.4) is 0 Å². The summed E-state index contributed by atoms with van der Waals surface area (Å²) in [5.74, 6) is 0. The highest BCUT2D eigenvalue weighted by atomic mass is 32.2. The highest BCUT2D eigenvalue weighted by Crippen LogP contribution is 2.01. The van der Waals surface area contributed by atoms with E-state index in [2.05, 4.69) is 0 Å². The summed E-state index contributed by atoms with van der Waals surface area (Å²) in [5, 5.41) is 5.74. The fourth-order valence-corrected chi connectivity index (χ4v) is 1.08. The molecule has 0 fully saturated rings. The number of sulfonamides is 1. The van der Waals surface area contributed by atoms with Crippen molar-refractivity contribution in [2.75, 3.05) is 0 Å². The Balaban J connectivity index is 2.85. The third kappa shape index (κ3) is 3.32. The van der Waals surface area contributed by atoms with Gasteiger partial charge in [0.1, 0.15) is 0 Å². The second-order valence-electron chi connectivity index (χ2n) is 2.30. The largest absolute Gasteiger partial charge is 0.231 e. The average molecular weight is 183 g/mol. The second kappa shape index (κ2) is 3.51. The lowest BCUT2D eigenvalue weighted by molar-refractivity contribution is 0.606. The van der Waals surface area contributed by atoms with Crippen LogP contribution in [0.25, 0.3) is 6.08 Å². The van der Waals surface area contributed by atoms with Gasteiger partial charge in [0.15, 0.2) is 0 Å². The van der Waals surface area contributed by atoms with Gasteiger partial charge in [-0.25, -0.2) is 13.6 Å². The summed E-state index contributed by atoms with van der Waals surface area (Å²) >= 11 is 0. The van der Waals surface area contributed by atoms with Crippen molar-refractivity contribution >= 4 is 16.1 Å². The molecule has 0 unspecified atom stereocenters. The molecule has 0 aliphatic rings. The van der Waals surface area contributed by atoms with Gasteiger partial charge in [-0.1, -0.05) is 30.3 Å². The first-order valence-electron chi connectivity index (χ1n) is 3.34. The van der Waals surface area contributed by atoms with Gasteiger partial charge in [-0.15, -0.1) is 0 Å². The minimum atomic E-state index is -3.50. The van der Waals surface area contributed by atoms with Crippen LogP contribution >= 0.6 is 0 Å². The minimum Gasteiger partial charge on any atom is -0.225 e. The van der Waals surface area contributed by atoms with Crippen molar-refractivity contribution in [2.45, 2.75) is 0 Å². The van der Waals surface area contributed by atoms with E-state index >= 15 is 0 Å². The zero-order valence-electron chi connectivity index (χ0n) is 6.34. The SMILES string of the molecule is NS(=O)(=O)/C=C\c1ccccc1. The average Bonchev–Trinajstić information content (AvgIpc) is 2.02. The van der Waals surface area contributed by atoms with Crippen LogP contribution in [0.1, 0.15) is 5.56 Å². The van der Waals surface area contributed by atoms with Gasteiger partial charge in [0.25, 0.3) is 0 Å². The summed E-state index contributed by atoms with van der Waals surface area (Å²) in [5.41, 5.74) is 0.812. The molecule has 0 aliphatic heterocycles. The third-order valence-corrected chi connectivity index (χ3v) is 1.77. The lowest BCUT2D eigenvalue weighted by atomic mass is 10.2. The van der Waals surface area contributed by atoms with Gasteiger partial charge in [0, 0.05) is 5.41 Å². The molecule has 0 aromatic heterocycles.